The molecule has 1 heterocycles. The first-order valence-electron chi connectivity index (χ1n) is 6.93. The summed E-state index contributed by atoms with van der Waals surface area (Å²) in [6.45, 7) is 5.40. The maximum atomic E-state index is 10.0. The fourth-order valence-electron chi connectivity index (χ4n) is 2.34. The summed E-state index contributed by atoms with van der Waals surface area (Å²) in [7, 11) is 0. The first-order valence-corrected chi connectivity index (χ1v) is 7.30. The first-order chi connectivity index (χ1) is 9.15. The highest BCUT2D eigenvalue weighted by Gasteiger charge is 2.18. The van der Waals surface area contributed by atoms with E-state index in [9.17, 15) is 5.11 Å². The van der Waals surface area contributed by atoms with Gasteiger partial charge >= 0.3 is 0 Å². The molecule has 1 aromatic carbocycles. The van der Waals surface area contributed by atoms with Crippen molar-refractivity contribution in [2.45, 2.75) is 25.9 Å². The van der Waals surface area contributed by atoms with E-state index < -0.39 is 6.10 Å². The minimum Gasteiger partial charge on any atom is -0.489 e. The Morgan fingerprint density at radius 1 is 1.37 bits per heavy atom. The lowest BCUT2D eigenvalue weighted by Gasteiger charge is -2.31. The number of para-hydroxylation sites is 1. The molecule has 0 unspecified atom stereocenters. The third kappa shape index (κ3) is 4.68. The number of ether oxygens (including phenoxy) is 1. The number of benzene rings is 1. The van der Waals surface area contributed by atoms with Crippen molar-refractivity contribution < 1.29 is 9.84 Å². The molecule has 3 nitrogen and oxygen atoms in total. The molecule has 1 aliphatic rings. The van der Waals surface area contributed by atoms with Crippen LogP contribution >= 0.6 is 11.6 Å². The Morgan fingerprint density at radius 2 is 2.05 bits per heavy atom. The lowest BCUT2D eigenvalue weighted by atomic mass is 9.99. The van der Waals surface area contributed by atoms with E-state index in [1.165, 1.54) is 12.8 Å². The minimum atomic E-state index is -0.468. The highest BCUT2D eigenvalue weighted by molar-refractivity contribution is 6.32. The molecule has 106 valence electrons. The van der Waals surface area contributed by atoms with Gasteiger partial charge in [0.05, 0.1) is 5.02 Å². The third-order valence-electron chi connectivity index (χ3n) is 3.61. The number of halogens is 1. The quantitative estimate of drug-likeness (QED) is 0.902. The number of hydrogen-bond acceptors (Lipinski definition) is 3. The van der Waals surface area contributed by atoms with Crippen molar-refractivity contribution >= 4 is 11.6 Å². The van der Waals surface area contributed by atoms with Gasteiger partial charge in [-0.15, -0.1) is 0 Å². The van der Waals surface area contributed by atoms with Crippen LogP contribution in [-0.2, 0) is 0 Å². The second kappa shape index (κ2) is 7.13. The van der Waals surface area contributed by atoms with Gasteiger partial charge in [-0.2, -0.15) is 0 Å². The topological polar surface area (TPSA) is 32.7 Å². The molecule has 0 spiro atoms. The molecule has 0 saturated carbocycles. The highest BCUT2D eigenvalue weighted by atomic mass is 35.5. The Morgan fingerprint density at radius 3 is 2.74 bits per heavy atom. The molecule has 1 aliphatic heterocycles. The van der Waals surface area contributed by atoms with E-state index in [-0.39, 0.29) is 6.61 Å². The largest absolute Gasteiger partial charge is 0.489 e. The lowest BCUT2D eigenvalue weighted by Crippen LogP contribution is -2.40. The Hall–Kier alpha value is -0.770. The van der Waals surface area contributed by atoms with Gasteiger partial charge in [0, 0.05) is 6.54 Å². The Kier molecular flexibility index (Phi) is 5.49. The summed E-state index contributed by atoms with van der Waals surface area (Å²) in [5.41, 5.74) is 0. The van der Waals surface area contributed by atoms with Crippen molar-refractivity contribution in [1.82, 2.24) is 4.90 Å². The zero-order valence-corrected chi connectivity index (χ0v) is 12.1. The summed E-state index contributed by atoms with van der Waals surface area (Å²) in [4.78, 5) is 2.31. The van der Waals surface area contributed by atoms with E-state index >= 15 is 0 Å². The molecule has 1 atom stereocenters. The van der Waals surface area contributed by atoms with Crippen LogP contribution in [0.25, 0.3) is 0 Å². The van der Waals surface area contributed by atoms with Gasteiger partial charge in [0.25, 0.3) is 0 Å². The van der Waals surface area contributed by atoms with Crippen LogP contribution in [-0.4, -0.2) is 42.4 Å². The molecule has 19 heavy (non-hydrogen) atoms. The molecule has 1 N–H and O–H groups in total. The summed E-state index contributed by atoms with van der Waals surface area (Å²) < 4.78 is 5.55. The number of likely N-dealkylation sites (tertiary alicyclic amines) is 1. The molecule has 0 radical (unpaired) electrons. The normalized spacial score (nSPS) is 19.3. The van der Waals surface area contributed by atoms with Crippen LogP contribution in [0.4, 0.5) is 0 Å². The van der Waals surface area contributed by atoms with Gasteiger partial charge in [-0.05, 0) is 44.0 Å². The molecule has 0 aliphatic carbocycles. The summed E-state index contributed by atoms with van der Waals surface area (Å²) >= 11 is 6.00. The van der Waals surface area contributed by atoms with Crippen LogP contribution in [0.5, 0.6) is 5.75 Å². The van der Waals surface area contributed by atoms with Gasteiger partial charge in [0.1, 0.15) is 18.5 Å². The van der Waals surface area contributed by atoms with Crippen molar-refractivity contribution in [1.29, 1.82) is 0 Å². The third-order valence-corrected chi connectivity index (χ3v) is 3.93. The van der Waals surface area contributed by atoms with Crippen LogP contribution < -0.4 is 4.74 Å². The number of β-amino-alcohol motifs (C(OH)–C–C–N with tert-alkyl or cyclic N) is 1. The van der Waals surface area contributed by atoms with E-state index in [4.69, 9.17) is 16.3 Å². The second-order valence-electron chi connectivity index (χ2n) is 5.38. The average molecular weight is 284 g/mol. The number of aliphatic hydroxyl groups excluding tert-OH is 1. The molecular formula is C15H22ClNO2. The summed E-state index contributed by atoms with van der Waals surface area (Å²) in [6, 6.07) is 7.34. The first kappa shape index (κ1) is 14.6. The smallest absolute Gasteiger partial charge is 0.138 e. The molecule has 4 heteroatoms. The van der Waals surface area contributed by atoms with Gasteiger partial charge in [-0.3, -0.25) is 0 Å². The van der Waals surface area contributed by atoms with Crippen LogP contribution in [0.3, 0.4) is 0 Å². The van der Waals surface area contributed by atoms with Crippen molar-refractivity contribution in [3.63, 3.8) is 0 Å². The van der Waals surface area contributed by atoms with E-state index in [2.05, 4.69) is 11.8 Å². The standard InChI is InChI=1S/C15H22ClNO2/c1-12-6-8-17(9-7-12)10-13(18)11-19-15-5-3-2-4-14(15)16/h2-5,12-13,18H,6-11H2,1H3/t13-/m1/s1. The second-order valence-corrected chi connectivity index (χ2v) is 5.79. The molecule has 0 amide bonds. The molecule has 0 bridgehead atoms. The van der Waals surface area contributed by atoms with E-state index in [1.54, 1.807) is 6.07 Å². The van der Waals surface area contributed by atoms with Crippen LogP contribution in [0, 0.1) is 5.92 Å². The number of aliphatic hydroxyl groups is 1. The molecule has 1 aromatic rings. The molecule has 2 rings (SSSR count). The number of hydrogen-bond donors (Lipinski definition) is 1. The van der Waals surface area contributed by atoms with E-state index in [0.717, 1.165) is 19.0 Å². The highest BCUT2D eigenvalue weighted by Crippen LogP contribution is 2.23. The Labute approximate surface area is 120 Å². The van der Waals surface area contributed by atoms with E-state index in [1.807, 2.05) is 18.2 Å². The molecular weight excluding hydrogens is 262 g/mol. The summed E-state index contributed by atoms with van der Waals surface area (Å²) in [5, 5.41) is 10.6. The summed E-state index contributed by atoms with van der Waals surface area (Å²) in [5.74, 6) is 1.45. The fourth-order valence-corrected chi connectivity index (χ4v) is 2.53. The Bertz CT molecular complexity index is 391. The SMILES string of the molecule is CC1CCN(C[C@@H](O)COc2ccccc2Cl)CC1. The van der Waals surface area contributed by atoms with Gasteiger partial charge < -0.3 is 14.7 Å². The monoisotopic (exact) mass is 283 g/mol. The maximum Gasteiger partial charge on any atom is 0.138 e. The molecule has 1 saturated heterocycles. The maximum absolute atomic E-state index is 10.0. The van der Waals surface area contributed by atoms with Gasteiger partial charge in [-0.25, -0.2) is 0 Å². The Balaban J connectivity index is 1.73. The van der Waals surface area contributed by atoms with Crippen molar-refractivity contribution in [2.24, 2.45) is 5.92 Å². The number of piperidine rings is 1. The van der Waals surface area contributed by atoms with Crippen molar-refractivity contribution in [2.75, 3.05) is 26.2 Å². The average Bonchev–Trinajstić information content (AvgIpc) is 2.40. The predicted molar refractivity (Wildman–Crippen MR) is 77.8 cm³/mol. The predicted octanol–water partition coefficient (Wildman–Crippen LogP) is 2.81. The number of nitrogens with zero attached hydrogens (tertiary/aromatic N) is 1. The van der Waals surface area contributed by atoms with Gasteiger partial charge in [0.15, 0.2) is 0 Å². The minimum absolute atomic E-state index is 0.287. The van der Waals surface area contributed by atoms with Crippen LogP contribution in [0.1, 0.15) is 19.8 Å². The van der Waals surface area contributed by atoms with Crippen molar-refractivity contribution in [3.05, 3.63) is 29.3 Å². The van der Waals surface area contributed by atoms with Crippen LogP contribution in [0.2, 0.25) is 5.02 Å². The fraction of sp³-hybridized carbons (Fsp3) is 0.600. The molecule has 1 fully saturated rings. The summed E-state index contributed by atoms with van der Waals surface area (Å²) in [6.07, 6.45) is 1.97. The zero-order valence-electron chi connectivity index (χ0n) is 11.4. The van der Waals surface area contributed by atoms with E-state index in [0.29, 0.717) is 17.3 Å². The van der Waals surface area contributed by atoms with Gasteiger partial charge in [-0.1, -0.05) is 30.7 Å². The zero-order chi connectivity index (χ0) is 13.7. The van der Waals surface area contributed by atoms with Crippen molar-refractivity contribution in [3.8, 4) is 5.75 Å². The van der Waals surface area contributed by atoms with Gasteiger partial charge in [0.2, 0.25) is 0 Å². The lowest BCUT2D eigenvalue weighted by molar-refractivity contribution is 0.0563. The van der Waals surface area contributed by atoms with Crippen LogP contribution in [0.15, 0.2) is 24.3 Å². The molecule has 0 aromatic heterocycles. The number of rotatable bonds is 5.